The van der Waals surface area contributed by atoms with Gasteiger partial charge < -0.3 is 0 Å². The smallest absolute Gasteiger partial charge is 0.0263 e. The van der Waals surface area contributed by atoms with Crippen molar-refractivity contribution in [3.63, 3.8) is 0 Å². The average Bonchev–Trinajstić information content (AvgIpc) is 2.49. The van der Waals surface area contributed by atoms with Crippen molar-refractivity contribution >= 4 is 6.72 Å². The maximum atomic E-state index is 3.88. The Morgan fingerprint density at radius 3 is 1.86 bits per heavy atom. The number of rotatable bonds is 13. The minimum absolute atomic E-state index is 0.303. The van der Waals surface area contributed by atoms with Gasteiger partial charge in [-0.1, -0.05) is 78.2 Å². The van der Waals surface area contributed by atoms with Gasteiger partial charge in [0.05, 0.1) is 0 Å². The van der Waals surface area contributed by atoms with Crippen LogP contribution in [-0.4, -0.2) is 6.72 Å². The standard InChI is InChI=1S/C20H37N/c1-6-9-11-13-16-20(4,17-14-12-10-7-2)19(8-3)15-18-21-5/h8,15,18H,5-7,9-14,16-17H2,1-4H3/b18-15-,19-8+. The SMILES string of the molecule is C=N/C=C\C(=C/C)C(C)(CCCCCC)CCCCCC. The Kier molecular flexibility index (Phi) is 12.3. The van der Waals surface area contributed by atoms with Crippen LogP contribution in [0.5, 0.6) is 0 Å². The van der Waals surface area contributed by atoms with Crippen LogP contribution in [0.15, 0.2) is 28.9 Å². The van der Waals surface area contributed by atoms with Crippen LogP contribution in [0.4, 0.5) is 0 Å². The van der Waals surface area contributed by atoms with E-state index in [0.717, 1.165) is 0 Å². The van der Waals surface area contributed by atoms with Crippen LogP contribution in [-0.2, 0) is 0 Å². The molecule has 0 radical (unpaired) electrons. The summed E-state index contributed by atoms with van der Waals surface area (Å²) >= 11 is 0. The molecule has 0 spiro atoms. The predicted octanol–water partition coefficient (Wildman–Crippen LogP) is 7.09. The molecule has 0 aromatic carbocycles. The van der Waals surface area contributed by atoms with E-state index < -0.39 is 0 Å². The molecule has 0 saturated heterocycles. The van der Waals surface area contributed by atoms with Gasteiger partial charge in [-0.05, 0) is 43.5 Å². The van der Waals surface area contributed by atoms with E-state index in [2.05, 4.69) is 51.6 Å². The van der Waals surface area contributed by atoms with E-state index in [9.17, 15) is 0 Å². The third kappa shape index (κ3) is 8.90. The Bertz CT molecular complexity index is 300. The van der Waals surface area contributed by atoms with E-state index in [1.54, 1.807) is 0 Å². The molecule has 0 aliphatic rings. The summed E-state index contributed by atoms with van der Waals surface area (Å²) in [5, 5.41) is 0. The fraction of sp³-hybridized carbons (Fsp3) is 0.750. The first-order chi connectivity index (χ1) is 10.1. The molecule has 0 unspecified atom stereocenters. The molecule has 122 valence electrons. The van der Waals surface area contributed by atoms with Crippen molar-refractivity contribution in [3.8, 4) is 0 Å². The van der Waals surface area contributed by atoms with Gasteiger partial charge in [-0.3, -0.25) is 4.99 Å². The van der Waals surface area contributed by atoms with Crippen LogP contribution in [0.25, 0.3) is 0 Å². The lowest BCUT2D eigenvalue weighted by atomic mass is 9.73. The lowest BCUT2D eigenvalue weighted by molar-refractivity contribution is 0.313. The molecule has 1 heteroatoms. The lowest BCUT2D eigenvalue weighted by Crippen LogP contribution is -2.19. The van der Waals surface area contributed by atoms with Crippen LogP contribution in [0.1, 0.15) is 91.9 Å². The third-order valence-electron chi connectivity index (χ3n) is 4.53. The highest BCUT2D eigenvalue weighted by Gasteiger charge is 2.26. The maximum absolute atomic E-state index is 3.88. The quantitative estimate of drug-likeness (QED) is 0.195. The topological polar surface area (TPSA) is 12.4 Å². The molecule has 0 amide bonds. The van der Waals surface area contributed by atoms with Gasteiger partial charge in [0.2, 0.25) is 0 Å². The van der Waals surface area contributed by atoms with E-state index in [1.165, 1.54) is 69.8 Å². The van der Waals surface area contributed by atoms with Crippen molar-refractivity contribution in [1.82, 2.24) is 0 Å². The largest absolute Gasteiger partial charge is 0.273 e. The first-order valence-electron chi connectivity index (χ1n) is 8.93. The number of unbranched alkanes of at least 4 members (excludes halogenated alkanes) is 6. The van der Waals surface area contributed by atoms with Crippen molar-refractivity contribution in [2.24, 2.45) is 10.4 Å². The van der Waals surface area contributed by atoms with E-state index in [4.69, 9.17) is 0 Å². The second-order valence-electron chi connectivity index (χ2n) is 6.42. The Morgan fingerprint density at radius 2 is 1.48 bits per heavy atom. The molecule has 0 saturated carbocycles. The zero-order chi connectivity index (χ0) is 16.0. The molecule has 0 atom stereocenters. The van der Waals surface area contributed by atoms with E-state index in [1.807, 2.05) is 6.20 Å². The third-order valence-corrected chi connectivity index (χ3v) is 4.53. The maximum Gasteiger partial charge on any atom is 0.0263 e. The van der Waals surface area contributed by atoms with E-state index in [0.29, 0.717) is 5.41 Å². The molecule has 0 fully saturated rings. The molecule has 0 heterocycles. The molecule has 0 aliphatic carbocycles. The summed E-state index contributed by atoms with van der Waals surface area (Å²) in [6, 6.07) is 0. The highest BCUT2D eigenvalue weighted by Crippen LogP contribution is 2.39. The fourth-order valence-electron chi connectivity index (χ4n) is 3.08. The Labute approximate surface area is 133 Å². The van der Waals surface area contributed by atoms with Gasteiger partial charge in [0.1, 0.15) is 0 Å². The molecular formula is C20H37N. The summed E-state index contributed by atoms with van der Waals surface area (Å²) in [6.45, 7) is 12.7. The Morgan fingerprint density at radius 1 is 0.952 bits per heavy atom. The predicted molar refractivity (Wildman–Crippen MR) is 98.1 cm³/mol. The van der Waals surface area contributed by atoms with Gasteiger partial charge in [-0.25, -0.2) is 0 Å². The summed E-state index contributed by atoms with van der Waals surface area (Å²) in [7, 11) is 0. The van der Waals surface area contributed by atoms with Crippen molar-refractivity contribution in [2.45, 2.75) is 91.9 Å². The zero-order valence-electron chi connectivity index (χ0n) is 15.0. The molecular weight excluding hydrogens is 254 g/mol. The van der Waals surface area contributed by atoms with E-state index in [-0.39, 0.29) is 0 Å². The molecule has 0 N–H and O–H groups in total. The normalized spacial score (nSPS) is 13.0. The average molecular weight is 292 g/mol. The van der Waals surface area contributed by atoms with Crippen molar-refractivity contribution in [1.29, 1.82) is 0 Å². The van der Waals surface area contributed by atoms with Crippen molar-refractivity contribution < 1.29 is 0 Å². The summed E-state index contributed by atoms with van der Waals surface area (Å²) in [6.07, 6.45) is 19.6. The minimum atomic E-state index is 0.303. The van der Waals surface area contributed by atoms with Gasteiger partial charge in [0, 0.05) is 6.20 Å². The monoisotopic (exact) mass is 291 g/mol. The van der Waals surface area contributed by atoms with Gasteiger partial charge in [-0.15, -0.1) is 0 Å². The first kappa shape index (κ1) is 20.1. The summed E-state index contributed by atoms with van der Waals surface area (Å²) in [4.78, 5) is 3.88. The van der Waals surface area contributed by atoms with Gasteiger partial charge >= 0.3 is 0 Å². The molecule has 0 rings (SSSR count). The molecule has 1 nitrogen and oxygen atoms in total. The number of hydrogen-bond acceptors (Lipinski definition) is 1. The summed E-state index contributed by atoms with van der Waals surface area (Å²) < 4.78 is 0. The highest BCUT2D eigenvalue weighted by molar-refractivity contribution is 5.30. The second kappa shape index (κ2) is 12.9. The Hall–Kier alpha value is -0.850. The minimum Gasteiger partial charge on any atom is -0.273 e. The zero-order valence-corrected chi connectivity index (χ0v) is 15.0. The molecule has 21 heavy (non-hydrogen) atoms. The molecule has 0 aromatic rings. The Balaban J connectivity index is 4.69. The molecule has 0 aliphatic heterocycles. The highest BCUT2D eigenvalue weighted by atomic mass is 14.6. The summed E-state index contributed by atoms with van der Waals surface area (Å²) in [5.41, 5.74) is 1.74. The number of hydrogen-bond donors (Lipinski definition) is 0. The number of aliphatic imine (C=N–C) groups is 1. The van der Waals surface area contributed by atoms with Crippen LogP contribution in [0, 0.1) is 5.41 Å². The fourth-order valence-corrected chi connectivity index (χ4v) is 3.08. The lowest BCUT2D eigenvalue weighted by Gasteiger charge is -2.31. The second-order valence-corrected chi connectivity index (χ2v) is 6.42. The van der Waals surface area contributed by atoms with Gasteiger partial charge in [-0.2, -0.15) is 0 Å². The van der Waals surface area contributed by atoms with Crippen LogP contribution >= 0.6 is 0 Å². The van der Waals surface area contributed by atoms with Crippen LogP contribution < -0.4 is 0 Å². The van der Waals surface area contributed by atoms with Gasteiger partial charge in [0.25, 0.3) is 0 Å². The number of nitrogens with zero attached hydrogens (tertiary/aromatic N) is 1. The summed E-state index contributed by atoms with van der Waals surface area (Å²) in [5.74, 6) is 0. The van der Waals surface area contributed by atoms with Crippen molar-refractivity contribution in [3.05, 3.63) is 23.9 Å². The van der Waals surface area contributed by atoms with E-state index >= 15 is 0 Å². The van der Waals surface area contributed by atoms with Gasteiger partial charge in [0.15, 0.2) is 0 Å². The first-order valence-corrected chi connectivity index (χ1v) is 8.93. The van der Waals surface area contributed by atoms with Crippen LogP contribution in [0.2, 0.25) is 0 Å². The molecule has 0 aromatic heterocycles. The molecule has 0 bridgehead atoms. The van der Waals surface area contributed by atoms with Crippen LogP contribution in [0.3, 0.4) is 0 Å². The van der Waals surface area contributed by atoms with Crippen molar-refractivity contribution in [2.75, 3.05) is 0 Å². The number of allylic oxidation sites excluding steroid dienone is 3.